The summed E-state index contributed by atoms with van der Waals surface area (Å²) in [6.45, 7) is 0. The molecule has 0 heterocycles. The van der Waals surface area contributed by atoms with E-state index in [4.69, 9.17) is 0 Å². The first-order valence-corrected chi connectivity index (χ1v) is 6.11. The van der Waals surface area contributed by atoms with Gasteiger partial charge in [-0.2, -0.15) is 0 Å². The van der Waals surface area contributed by atoms with Crippen LogP contribution in [0.3, 0.4) is 0 Å². The molecule has 2 rings (SSSR count). The zero-order chi connectivity index (χ0) is 13.7. The molecule has 0 aromatic heterocycles. The zero-order valence-corrected chi connectivity index (χ0v) is 10.7. The monoisotopic (exact) mass is 256 g/mol. The number of hydrogen-bond acceptors (Lipinski definition) is 3. The second-order valence-electron chi connectivity index (χ2n) is 4.28. The fourth-order valence-corrected chi connectivity index (χ4v) is 1.89. The smallest absolute Gasteiger partial charge is 0.308 e. The summed E-state index contributed by atoms with van der Waals surface area (Å²) in [5, 5.41) is 9.88. The molecule has 0 amide bonds. The molecule has 1 N–H and O–H groups in total. The average Bonchev–Trinajstić information content (AvgIpc) is 2.48. The molecule has 0 aliphatic carbocycles. The highest BCUT2D eigenvalue weighted by Gasteiger charge is 2.13. The molecule has 0 fully saturated rings. The van der Waals surface area contributed by atoms with Gasteiger partial charge in [-0.25, -0.2) is 0 Å². The lowest BCUT2D eigenvalue weighted by Crippen LogP contribution is -2.07. The third-order valence-electron chi connectivity index (χ3n) is 2.99. The van der Waals surface area contributed by atoms with Crippen LogP contribution in [0, 0.1) is 0 Å². The predicted octanol–water partition coefficient (Wildman–Crippen LogP) is 2.95. The highest BCUT2D eigenvalue weighted by molar-refractivity contribution is 5.70. The second-order valence-corrected chi connectivity index (χ2v) is 4.28. The topological polar surface area (TPSA) is 46.5 Å². The lowest BCUT2D eigenvalue weighted by atomic mass is 10.0. The third kappa shape index (κ3) is 3.42. The van der Waals surface area contributed by atoms with Gasteiger partial charge >= 0.3 is 5.97 Å². The minimum absolute atomic E-state index is 0.0266. The number of esters is 1. The lowest BCUT2D eigenvalue weighted by molar-refractivity contribution is -0.142. The Morgan fingerprint density at radius 1 is 1.05 bits per heavy atom. The summed E-state index contributed by atoms with van der Waals surface area (Å²) >= 11 is 0. The Hall–Kier alpha value is -2.13. The van der Waals surface area contributed by atoms with E-state index in [0.29, 0.717) is 5.56 Å². The normalized spacial score (nSPS) is 11.9. The summed E-state index contributed by atoms with van der Waals surface area (Å²) in [6, 6.07) is 17.5. The maximum absolute atomic E-state index is 11.1. The quantitative estimate of drug-likeness (QED) is 0.855. The number of aliphatic hydroxyl groups excluding tert-OH is 1. The largest absolute Gasteiger partial charge is 0.469 e. The Morgan fingerprint density at radius 2 is 1.63 bits per heavy atom. The van der Waals surface area contributed by atoms with Crippen LogP contribution in [-0.2, 0) is 9.53 Å². The van der Waals surface area contributed by atoms with Crippen molar-refractivity contribution in [3.63, 3.8) is 0 Å². The molecule has 0 spiro atoms. The van der Waals surface area contributed by atoms with Gasteiger partial charge in [0.2, 0.25) is 0 Å². The summed E-state index contributed by atoms with van der Waals surface area (Å²) in [4.78, 5) is 11.1. The van der Waals surface area contributed by atoms with Crippen molar-refractivity contribution >= 4 is 5.97 Å². The number of hydrogen-bond donors (Lipinski definition) is 1. The number of methoxy groups -OCH3 is 1. The first kappa shape index (κ1) is 13.3. The van der Waals surface area contributed by atoms with Crippen LogP contribution in [0.2, 0.25) is 0 Å². The first-order valence-electron chi connectivity index (χ1n) is 6.11. The minimum Gasteiger partial charge on any atom is -0.469 e. The fourth-order valence-electron chi connectivity index (χ4n) is 1.89. The van der Waals surface area contributed by atoms with Crippen molar-refractivity contribution in [1.29, 1.82) is 0 Å². The van der Waals surface area contributed by atoms with Crippen LogP contribution in [-0.4, -0.2) is 18.2 Å². The van der Waals surface area contributed by atoms with Crippen molar-refractivity contribution in [1.82, 2.24) is 0 Å². The Balaban J connectivity index is 2.12. The molecule has 0 aliphatic heterocycles. The molecule has 3 nitrogen and oxygen atoms in total. The average molecular weight is 256 g/mol. The van der Waals surface area contributed by atoms with Gasteiger partial charge in [0.15, 0.2) is 0 Å². The molecule has 1 atom stereocenters. The van der Waals surface area contributed by atoms with E-state index in [-0.39, 0.29) is 6.42 Å². The number of ether oxygens (including phenoxy) is 1. The van der Waals surface area contributed by atoms with Crippen molar-refractivity contribution in [2.45, 2.75) is 12.5 Å². The van der Waals surface area contributed by atoms with Crippen LogP contribution in [0.15, 0.2) is 54.6 Å². The predicted molar refractivity (Wildman–Crippen MR) is 73.5 cm³/mol. The molecule has 1 unspecified atom stereocenters. The maximum atomic E-state index is 11.1. The number of rotatable bonds is 4. The molecule has 0 bridgehead atoms. The number of carbonyl (C=O) groups is 1. The molecular weight excluding hydrogens is 240 g/mol. The Labute approximate surface area is 112 Å². The molecule has 2 aromatic carbocycles. The van der Waals surface area contributed by atoms with Gasteiger partial charge in [0.1, 0.15) is 0 Å². The van der Waals surface area contributed by atoms with E-state index in [9.17, 15) is 9.90 Å². The molecule has 3 heteroatoms. The van der Waals surface area contributed by atoms with Crippen molar-refractivity contribution in [3.05, 3.63) is 60.2 Å². The van der Waals surface area contributed by atoms with Gasteiger partial charge < -0.3 is 9.84 Å². The SMILES string of the molecule is COC(=O)CC(O)c1ccc(-c2ccccc2)cc1. The molecule has 98 valence electrons. The van der Waals surface area contributed by atoms with E-state index in [0.717, 1.165) is 11.1 Å². The summed E-state index contributed by atoms with van der Waals surface area (Å²) in [6.07, 6.45) is -0.849. The maximum Gasteiger partial charge on any atom is 0.308 e. The van der Waals surface area contributed by atoms with Gasteiger partial charge in [0.05, 0.1) is 19.6 Å². The third-order valence-corrected chi connectivity index (χ3v) is 2.99. The van der Waals surface area contributed by atoms with Gasteiger partial charge in [-0.1, -0.05) is 54.6 Å². The van der Waals surface area contributed by atoms with Crippen LogP contribution in [0.25, 0.3) is 11.1 Å². The Morgan fingerprint density at radius 3 is 2.21 bits per heavy atom. The van der Waals surface area contributed by atoms with E-state index >= 15 is 0 Å². The molecule has 0 radical (unpaired) electrons. The van der Waals surface area contributed by atoms with Gasteiger partial charge in [-0.3, -0.25) is 4.79 Å². The molecule has 0 saturated carbocycles. The first-order chi connectivity index (χ1) is 9.20. The van der Waals surface area contributed by atoms with Gasteiger partial charge in [-0.15, -0.1) is 0 Å². The van der Waals surface area contributed by atoms with Gasteiger partial charge in [0, 0.05) is 0 Å². The van der Waals surface area contributed by atoms with E-state index in [1.54, 1.807) is 0 Å². The van der Waals surface area contributed by atoms with Gasteiger partial charge in [-0.05, 0) is 16.7 Å². The van der Waals surface area contributed by atoms with E-state index in [1.807, 2.05) is 54.6 Å². The van der Waals surface area contributed by atoms with Crippen molar-refractivity contribution < 1.29 is 14.6 Å². The van der Waals surface area contributed by atoms with E-state index < -0.39 is 12.1 Å². The van der Waals surface area contributed by atoms with Gasteiger partial charge in [0.25, 0.3) is 0 Å². The molecular formula is C16H16O3. The summed E-state index contributed by atoms with van der Waals surface area (Å²) < 4.78 is 4.54. The standard InChI is InChI=1S/C16H16O3/c1-19-16(18)11-15(17)14-9-7-13(8-10-14)12-5-3-2-4-6-12/h2-10,15,17H,11H2,1H3. The highest BCUT2D eigenvalue weighted by Crippen LogP contribution is 2.23. The molecule has 0 saturated heterocycles. The molecule has 0 aliphatic rings. The lowest BCUT2D eigenvalue weighted by Gasteiger charge is -2.10. The van der Waals surface area contributed by atoms with Crippen LogP contribution in [0.4, 0.5) is 0 Å². The van der Waals surface area contributed by atoms with Crippen molar-refractivity contribution in [3.8, 4) is 11.1 Å². The van der Waals surface area contributed by atoms with E-state index in [2.05, 4.69) is 4.74 Å². The number of aliphatic hydroxyl groups is 1. The summed E-state index contributed by atoms with van der Waals surface area (Å²) in [5.74, 6) is -0.417. The van der Waals surface area contributed by atoms with Crippen LogP contribution in [0.1, 0.15) is 18.1 Å². The van der Waals surface area contributed by atoms with E-state index in [1.165, 1.54) is 7.11 Å². The van der Waals surface area contributed by atoms with Crippen LogP contribution >= 0.6 is 0 Å². The minimum atomic E-state index is -0.822. The van der Waals surface area contributed by atoms with Crippen LogP contribution in [0.5, 0.6) is 0 Å². The summed E-state index contributed by atoms with van der Waals surface area (Å²) in [7, 11) is 1.31. The van der Waals surface area contributed by atoms with Crippen LogP contribution < -0.4 is 0 Å². The van der Waals surface area contributed by atoms with Crippen molar-refractivity contribution in [2.24, 2.45) is 0 Å². The Bertz CT molecular complexity index is 532. The molecule has 2 aromatic rings. The summed E-state index contributed by atoms with van der Waals surface area (Å²) in [5.41, 5.74) is 2.91. The second kappa shape index (κ2) is 6.16. The Kier molecular flexibility index (Phi) is 4.31. The number of carbonyl (C=O) groups excluding carboxylic acids is 1. The van der Waals surface area contributed by atoms with Crippen molar-refractivity contribution in [2.75, 3.05) is 7.11 Å². The fraction of sp³-hybridized carbons (Fsp3) is 0.188. The highest BCUT2D eigenvalue weighted by atomic mass is 16.5. The molecule has 19 heavy (non-hydrogen) atoms. The zero-order valence-electron chi connectivity index (χ0n) is 10.7. The number of benzene rings is 2.